The predicted molar refractivity (Wildman–Crippen MR) is 139 cm³/mol. The van der Waals surface area contributed by atoms with E-state index in [-0.39, 0.29) is 16.9 Å². The fourth-order valence-electron chi connectivity index (χ4n) is 6.11. The number of likely N-dealkylation sites (tertiary alicyclic amines) is 1. The molecule has 1 unspecified atom stereocenters. The van der Waals surface area contributed by atoms with Crippen molar-refractivity contribution in [2.24, 2.45) is 5.41 Å². The number of rotatable bonds is 6. The molecule has 1 spiro atoms. The van der Waals surface area contributed by atoms with Gasteiger partial charge in [-0.05, 0) is 74.0 Å². The minimum Gasteiger partial charge on any atom is -0.452 e. The van der Waals surface area contributed by atoms with E-state index in [2.05, 4.69) is 41.9 Å². The number of nitrogens with zero attached hydrogens (tertiary/aromatic N) is 4. The number of H-pyrrole nitrogens is 2. The number of nitrogens with one attached hydrogen (secondary N) is 2. The number of benzene rings is 2. The number of anilines is 1. The minimum absolute atomic E-state index is 0.172. The molecule has 9 heteroatoms. The van der Waals surface area contributed by atoms with E-state index in [9.17, 15) is 9.18 Å². The Kier molecular flexibility index (Phi) is 5.28. The van der Waals surface area contributed by atoms with E-state index in [4.69, 9.17) is 4.74 Å². The molecule has 7 rings (SSSR count). The molecule has 8 nitrogen and oxygen atoms in total. The van der Waals surface area contributed by atoms with Gasteiger partial charge < -0.3 is 19.6 Å². The van der Waals surface area contributed by atoms with Crippen LogP contribution in [-0.4, -0.2) is 51.0 Å². The molecule has 4 aromatic rings. The Bertz CT molecular complexity index is 1530. The van der Waals surface area contributed by atoms with Crippen molar-refractivity contribution in [3.05, 3.63) is 76.4 Å². The highest BCUT2D eigenvalue weighted by Gasteiger charge is 2.44. The van der Waals surface area contributed by atoms with Gasteiger partial charge in [0.1, 0.15) is 17.9 Å². The highest BCUT2D eigenvalue weighted by Crippen LogP contribution is 2.47. The number of hydrogen-bond acceptors (Lipinski definition) is 6. The number of hydrogen-bond donors (Lipinski definition) is 2. The molecular weight excluding hydrogens is 471 g/mol. The van der Waals surface area contributed by atoms with Crippen molar-refractivity contribution in [2.75, 3.05) is 31.1 Å². The maximum Gasteiger partial charge on any atom is 0.323 e. The van der Waals surface area contributed by atoms with Crippen LogP contribution in [0.3, 0.4) is 0 Å². The second kappa shape index (κ2) is 8.69. The lowest BCUT2D eigenvalue weighted by atomic mass is 9.86. The molecule has 2 saturated heterocycles. The zero-order chi connectivity index (χ0) is 25.0. The topological polar surface area (TPSA) is 90.1 Å². The second-order valence-electron chi connectivity index (χ2n) is 10.9. The summed E-state index contributed by atoms with van der Waals surface area (Å²) in [5.74, 6) is 2.26. The number of aromatic amines is 2. The minimum atomic E-state index is -0.229. The molecular formula is C28H29FN6O2. The lowest BCUT2D eigenvalue weighted by molar-refractivity contribution is 0.270. The van der Waals surface area contributed by atoms with Crippen LogP contribution in [0, 0.1) is 11.2 Å². The van der Waals surface area contributed by atoms with Gasteiger partial charge in [0.05, 0.1) is 17.2 Å². The Morgan fingerprint density at radius 1 is 1.03 bits per heavy atom. The molecule has 3 aliphatic rings. The first-order chi connectivity index (χ1) is 18.0. The third kappa shape index (κ3) is 4.37. The van der Waals surface area contributed by atoms with Gasteiger partial charge >= 0.3 is 5.69 Å². The van der Waals surface area contributed by atoms with Crippen LogP contribution >= 0.6 is 0 Å². The third-order valence-corrected chi connectivity index (χ3v) is 8.11. The fourth-order valence-corrected chi connectivity index (χ4v) is 6.11. The van der Waals surface area contributed by atoms with Gasteiger partial charge in [0, 0.05) is 37.2 Å². The Labute approximate surface area is 213 Å². The molecule has 1 aliphatic carbocycles. The summed E-state index contributed by atoms with van der Waals surface area (Å²) in [6, 6.07) is 10.9. The van der Waals surface area contributed by atoms with Gasteiger partial charge in [0.15, 0.2) is 11.6 Å². The maximum atomic E-state index is 13.9. The van der Waals surface area contributed by atoms with Crippen molar-refractivity contribution in [1.29, 1.82) is 0 Å². The van der Waals surface area contributed by atoms with E-state index in [1.54, 1.807) is 24.7 Å². The van der Waals surface area contributed by atoms with Crippen LogP contribution in [0.5, 0.6) is 11.5 Å². The first kappa shape index (κ1) is 22.5. The molecule has 0 bridgehead atoms. The van der Waals surface area contributed by atoms with Crippen LogP contribution < -0.4 is 15.3 Å². The molecule has 37 heavy (non-hydrogen) atoms. The Balaban J connectivity index is 1.06. The lowest BCUT2D eigenvalue weighted by Crippen LogP contribution is -2.31. The standard InChI is InChI=1S/C28H29FN6O2/c29-20-4-6-24(21(12-20)19-2-3-19)37-25-13-30-17-31-26(25)35-10-8-28(16-35)7-9-34(15-28)14-18-1-5-22-23(11-18)33-27(36)32-22/h1,4-6,11-13,17,19H,2-3,7-10,14-16H2,(H2,32,33,36). The molecule has 2 aliphatic heterocycles. The van der Waals surface area contributed by atoms with Crippen LogP contribution in [0.15, 0.2) is 53.7 Å². The van der Waals surface area contributed by atoms with Crippen molar-refractivity contribution < 1.29 is 9.13 Å². The number of halogens is 1. The van der Waals surface area contributed by atoms with Crippen molar-refractivity contribution in [3.8, 4) is 11.5 Å². The van der Waals surface area contributed by atoms with Crippen LogP contribution in [0.25, 0.3) is 11.0 Å². The second-order valence-corrected chi connectivity index (χ2v) is 10.9. The van der Waals surface area contributed by atoms with Crippen molar-refractivity contribution >= 4 is 16.9 Å². The van der Waals surface area contributed by atoms with Crippen LogP contribution in [-0.2, 0) is 6.54 Å². The van der Waals surface area contributed by atoms with E-state index in [0.717, 1.165) is 80.8 Å². The molecule has 1 saturated carbocycles. The molecule has 2 N–H and O–H groups in total. The Morgan fingerprint density at radius 2 is 1.89 bits per heavy atom. The maximum absolute atomic E-state index is 13.9. The van der Waals surface area contributed by atoms with E-state index in [0.29, 0.717) is 17.4 Å². The van der Waals surface area contributed by atoms with Crippen LogP contribution in [0.1, 0.15) is 42.7 Å². The summed E-state index contributed by atoms with van der Waals surface area (Å²) in [7, 11) is 0. The normalized spacial score (nSPS) is 21.9. The zero-order valence-corrected chi connectivity index (χ0v) is 20.5. The van der Waals surface area contributed by atoms with Crippen molar-refractivity contribution in [2.45, 2.75) is 38.1 Å². The first-order valence-electron chi connectivity index (χ1n) is 13.0. The number of aromatic nitrogens is 4. The Hall–Kier alpha value is -3.72. The summed E-state index contributed by atoms with van der Waals surface area (Å²) in [5, 5.41) is 0. The van der Waals surface area contributed by atoms with Gasteiger partial charge in [-0.1, -0.05) is 6.07 Å². The summed E-state index contributed by atoms with van der Waals surface area (Å²) < 4.78 is 20.2. The van der Waals surface area contributed by atoms with Gasteiger partial charge in [-0.3, -0.25) is 4.90 Å². The van der Waals surface area contributed by atoms with E-state index >= 15 is 0 Å². The van der Waals surface area contributed by atoms with Crippen LogP contribution in [0.4, 0.5) is 10.2 Å². The first-order valence-corrected chi connectivity index (χ1v) is 13.0. The summed E-state index contributed by atoms with van der Waals surface area (Å²) in [4.78, 5) is 30.9. The lowest BCUT2D eigenvalue weighted by Gasteiger charge is -2.26. The molecule has 1 atom stereocenters. The average molecular weight is 501 g/mol. The van der Waals surface area contributed by atoms with Gasteiger partial charge in [-0.2, -0.15) is 0 Å². The predicted octanol–water partition coefficient (Wildman–Crippen LogP) is 4.56. The SMILES string of the molecule is O=c1[nH]c2ccc(CN3CCC4(CCN(c5ncncc5Oc5ccc(F)cc5C5CC5)C4)C3)cc2[nH]1. The molecule has 2 aromatic heterocycles. The van der Waals surface area contributed by atoms with Crippen LogP contribution in [0.2, 0.25) is 0 Å². The summed E-state index contributed by atoms with van der Waals surface area (Å²) in [6.45, 7) is 4.76. The largest absolute Gasteiger partial charge is 0.452 e. The van der Waals surface area contributed by atoms with Gasteiger partial charge in [0.25, 0.3) is 0 Å². The fraction of sp³-hybridized carbons (Fsp3) is 0.393. The Morgan fingerprint density at radius 3 is 2.78 bits per heavy atom. The van der Waals surface area contributed by atoms with Crippen molar-refractivity contribution in [3.63, 3.8) is 0 Å². The molecule has 0 radical (unpaired) electrons. The molecule has 4 heterocycles. The highest BCUT2D eigenvalue weighted by molar-refractivity contribution is 5.75. The summed E-state index contributed by atoms with van der Waals surface area (Å²) >= 11 is 0. The number of fused-ring (bicyclic) bond motifs is 1. The third-order valence-electron chi connectivity index (χ3n) is 8.11. The average Bonchev–Trinajstić information content (AvgIpc) is 3.38. The smallest absolute Gasteiger partial charge is 0.323 e. The summed E-state index contributed by atoms with van der Waals surface area (Å²) in [5.41, 5.74) is 3.86. The molecule has 0 amide bonds. The zero-order valence-electron chi connectivity index (χ0n) is 20.5. The molecule has 2 aromatic carbocycles. The van der Waals surface area contributed by atoms with Crippen molar-refractivity contribution in [1.82, 2.24) is 24.8 Å². The quantitative estimate of drug-likeness (QED) is 0.404. The monoisotopic (exact) mass is 500 g/mol. The summed E-state index contributed by atoms with van der Waals surface area (Å²) in [6.07, 6.45) is 7.66. The molecule has 3 fully saturated rings. The van der Waals surface area contributed by atoms with E-state index in [1.807, 2.05) is 6.07 Å². The van der Waals surface area contributed by atoms with E-state index in [1.165, 1.54) is 11.6 Å². The highest BCUT2D eigenvalue weighted by atomic mass is 19.1. The van der Waals surface area contributed by atoms with Gasteiger partial charge in [-0.15, -0.1) is 0 Å². The molecule has 190 valence electrons. The number of imidazole rings is 1. The van der Waals surface area contributed by atoms with E-state index < -0.39 is 0 Å². The van der Waals surface area contributed by atoms with Gasteiger partial charge in [-0.25, -0.2) is 19.2 Å². The van der Waals surface area contributed by atoms with Gasteiger partial charge in [0.2, 0.25) is 0 Å². The number of ether oxygens (including phenoxy) is 1.